The molecule has 0 fully saturated rings. The molecule has 0 atom stereocenters. The molecule has 2 rings (SSSR count). The van der Waals surface area contributed by atoms with E-state index in [1.165, 1.54) is 150 Å². The Morgan fingerprint density at radius 1 is 0.367 bits per heavy atom. The lowest BCUT2D eigenvalue weighted by molar-refractivity contribution is -0.143. The van der Waals surface area contributed by atoms with Crippen LogP contribution < -0.4 is 9.47 Å². The van der Waals surface area contributed by atoms with Crippen molar-refractivity contribution in [2.24, 2.45) is 0 Å². The van der Waals surface area contributed by atoms with Crippen molar-refractivity contribution in [3.05, 3.63) is 57.8 Å². The highest BCUT2D eigenvalue weighted by Crippen LogP contribution is 2.31. The van der Waals surface area contributed by atoms with E-state index in [2.05, 4.69) is 160 Å². The topological polar surface area (TPSA) is 71.1 Å². The van der Waals surface area contributed by atoms with E-state index in [0.29, 0.717) is 12.8 Å². The molecule has 6 nitrogen and oxygen atoms in total. The molecule has 0 saturated carbocycles. The van der Waals surface area contributed by atoms with Crippen molar-refractivity contribution in [1.82, 2.24) is 0 Å². The number of esters is 2. The highest BCUT2D eigenvalue weighted by Gasteiger charge is 2.09. The van der Waals surface area contributed by atoms with Crippen molar-refractivity contribution in [1.29, 1.82) is 0 Å². The molecule has 0 bridgehead atoms. The molecule has 0 amide bonds. The molecule has 0 aliphatic rings. The third-order valence-electron chi connectivity index (χ3n) is 10.3. The third-order valence-corrected chi connectivity index (χ3v) is 14.8. The molecule has 0 aliphatic carbocycles. The zero-order chi connectivity index (χ0) is 43.5. The molecule has 0 spiro atoms. The summed E-state index contributed by atoms with van der Waals surface area (Å²) in [5.41, 5.74) is 0. The van der Waals surface area contributed by atoms with Crippen LogP contribution in [0.3, 0.4) is 0 Å². The monoisotopic (exact) mass is 1500 g/mol. The molecule has 0 heterocycles. The summed E-state index contributed by atoms with van der Waals surface area (Å²) in [4.78, 5) is 24.1. The molecule has 0 aromatic heterocycles. The number of rotatable bonds is 38. The largest absolute Gasteiger partial charge is 0.491 e. The fourth-order valence-electron chi connectivity index (χ4n) is 6.88. The molecule has 0 aliphatic heterocycles. The van der Waals surface area contributed by atoms with Crippen LogP contribution in [0.1, 0.15) is 180 Å². The standard InChI is InChI=1S/C48H70I6O6/c49-39-35-41(51)47(42(52)36-39)59-33-25-21-17-13-9-5-1-3-7-11-15-19-23-29-45(55)57-31-27-28-32-58-46(56)30-24-20-16-12-8-4-2-6-10-14-18-22-26-34-60-48-43(53)37-40(50)38-44(48)54/h27-28,35-38H,1-26,29-34H2/b28-27-. The van der Waals surface area contributed by atoms with Gasteiger partial charge in [0.1, 0.15) is 24.7 Å². The van der Waals surface area contributed by atoms with Crippen LogP contribution in [-0.2, 0) is 19.1 Å². The molecule has 0 radical (unpaired) electrons. The van der Waals surface area contributed by atoms with E-state index in [1.54, 1.807) is 12.2 Å². The Hall–Kier alpha value is 1.10. The Balaban J connectivity index is 1.23. The zero-order valence-electron chi connectivity index (χ0n) is 35.8. The summed E-state index contributed by atoms with van der Waals surface area (Å²) >= 11 is 14.2. The summed E-state index contributed by atoms with van der Waals surface area (Å²) < 4.78 is 30.0. The summed E-state index contributed by atoms with van der Waals surface area (Å²) in [6, 6.07) is 8.68. The number of hydrogen-bond acceptors (Lipinski definition) is 6. The van der Waals surface area contributed by atoms with Gasteiger partial charge in [0.05, 0.1) is 27.5 Å². The molecule has 340 valence electrons. The second kappa shape index (κ2) is 39.3. The fourth-order valence-corrected chi connectivity index (χ4v) is 14.7. The highest BCUT2D eigenvalue weighted by atomic mass is 127. The van der Waals surface area contributed by atoms with Gasteiger partial charge in [0.25, 0.3) is 0 Å². The number of carbonyl (C=O) groups excluding carboxylic acids is 2. The van der Waals surface area contributed by atoms with Crippen molar-refractivity contribution in [3.63, 3.8) is 0 Å². The van der Waals surface area contributed by atoms with Gasteiger partial charge in [-0.05, 0) is 198 Å². The lowest BCUT2D eigenvalue weighted by Gasteiger charge is -2.11. The molecule has 0 unspecified atom stereocenters. The van der Waals surface area contributed by atoms with Crippen molar-refractivity contribution in [2.75, 3.05) is 26.4 Å². The lowest BCUT2D eigenvalue weighted by Crippen LogP contribution is -2.05. The number of benzene rings is 2. The Labute approximate surface area is 445 Å². The molecular formula is C48H70I6O6. The number of carbonyl (C=O) groups is 2. The highest BCUT2D eigenvalue weighted by molar-refractivity contribution is 14.1. The maximum atomic E-state index is 12.0. The zero-order valence-corrected chi connectivity index (χ0v) is 48.8. The second-order valence-corrected chi connectivity index (χ2v) is 22.8. The molecule has 12 heteroatoms. The quantitative estimate of drug-likeness (QED) is 0.0289. The first-order valence-electron chi connectivity index (χ1n) is 22.7. The van der Waals surface area contributed by atoms with Crippen LogP contribution in [0.25, 0.3) is 0 Å². The number of hydrogen-bond donors (Lipinski definition) is 0. The van der Waals surface area contributed by atoms with E-state index in [9.17, 15) is 9.59 Å². The Morgan fingerprint density at radius 2 is 0.600 bits per heavy atom. The van der Waals surface area contributed by atoms with Gasteiger partial charge in [0.2, 0.25) is 0 Å². The summed E-state index contributed by atoms with van der Waals surface area (Å²) in [6.45, 7) is 2.09. The maximum absolute atomic E-state index is 12.0. The minimum atomic E-state index is -0.146. The SMILES string of the molecule is O=C(CCCCCCCCCCCCCCCOc1c(I)cc(I)cc1I)OC/C=C\COC(=O)CCCCCCCCCCCCCCCOc1c(I)cc(I)cc1I. The van der Waals surface area contributed by atoms with Crippen molar-refractivity contribution in [3.8, 4) is 11.5 Å². The van der Waals surface area contributed by atoms with E-state index in [-0.39, 0.29) is 25.2 Å². The Morgan fingerprint density at radius 3 is 0.867 bits per heavy atom. The lowest BCUT2D eigenvalue weighted by atomic mass is 10.0. The van der Waals surface area contributed by atoms with Crippen LogP contribution in [0.5, 0.6) is 11.5 Å². The summed E-state index contributed by atoms with van der Waals surface area (Å²) in [5, 5.41) is 0. The number of ether oxygens (including phenoxy) is 4. The van der Waals surface area contributed by atoms with Gasteiger partial charge in [0.15, 0.2) is 0 Å². The predicted molar refractivity (Wildman–Crippen MR) is 301 cm³/mol. The number of halogens is 6. The molecule has 2 aromatic rings. The Bertz CT molecular complexity index is 1320. The molecular weight excluding hydrogens is 1430 g/mol. The van der Waals surface area contributed by atoms with E-state index in [4.69, 9.17) is 18.9 Å². The van der Waals surface area contributed by atoms with Gasteiger partial charge in [-0.25, -0.2) is 0 Å². The average Bonchev–Trinajstić information content (AvgIpc) is 3.20. The van der Waals surface area contributed by atoms with Crippen molar-refractivity contribution in [2.45, 2.75) is 180 Å². The van der Waals surface area contributed by atoms with Crippen molar-refractivity contribution < 1.29 is 28.5 Å². The molecule has 2 aromatic carbocycles. The predicted octanol–water partition coefficient (Wildman–Crippen LogP) is 17.3. The first kappa shape index (κ1) is 57.2. The molecule has 0 N–H and O–H groups in total. The normalized spacial score (nSPS) is 11.4. The molecule has 0 saturated heterocycles. The fraction of sp³-hybridized carbons (Fsp3) is 0.667. The van der Waals surface area contributed by atoms with Gasteiger partial charge in [0, 0.05) is 20.0 Å². The number of unbranched alkanes of at least 4 members (excludes halogenated alkanes) is 24. The van der Waals surface area contributed by atoms with Gasteiger partial charge in [-0.15, -0.1) is 0 Å². The van der Waals surface area contributed by atoms with E-state index >= 15 is 0 Å². The van der Waals surface area contributed by atoms with E-state index < -0.39 is 0 Å². The van der Waals surface area contributed by atoms with Crippen LogP contribution in [0.2, 0.25) is 0 Å². The van der Waals surface area contributed by atoms with Crippen LogP contribution >= 0.6 is 136 Å². The van der Waals surface area contributed by atoms with Gasteiger partial charge in [-0.3, -0.25) is 9.59 Å². The van der Waals surface area contributed by atoms with Gasteiger partial charge in [-0.2, -0.15) is 0 Å². The third kappa shape index (κ3) is 31.1. The van der Waals surface area contributed by atoms with Crippen LogP contribution in [0.4, 0.5) is 0 Å². The minimum absolute atomic E-state index is 0.146. The van der Waals surface area contributed by atoms with Gasteiger partial charge in [-0.1, -0.05) is 141 Å². The van der Waals surface area contributed by atoms with Gasteiger partial charge < -0.3 is 18.9 Å². The first-order chi connectivity index (χ1) is 29.2. The molecule has 60 heavy (non-hydrogen) atoms. The maximum Gasteiger partial charge on any atom is 0.306 e. The summed E-state index contributed by atoms with van der Waals surface area (Å²) in [7, 11) is 0. The van der Waals surface area contributed by atoms with Gasteiger partial charge >= 0.3 is 11.9 Å². The summed E-state index contributed by atoms with van der Waals surface area (Å²) in [6.07, 6.45) is 36.6. The van der Waals surface area contributed by atoms with Crippen LogP contribution in [0, 0.1) is 21.4 Å². The smallest absolute Gasteiger partial charge is 0.306 e. The van der Waals surface area contributed by atoms with E-state index in [1.807, 2.05) is 0 Å². The minimum Gasteiger partial charge on any atom is -0.491 e. The van der Waals surface area contributed by atoms with Crippen LogP contribution in [0.15, 0.2) is 36.4 Å². The van der Waals surface area contributed by atoms with Crippen molar-refractivity contribution >= 4 is 147 Å². The Kier molecular flexibility index (Phi) is 37.5. The summed E-state index contributed by atoms with van der Waals surface area (Å²) in [5.74, 6) is 1.79. The second-order valence-electron chi connectivity index (χ2n) is 15.6. The average molecular weight is 1500 g/mol. The van der Waals surface area contributed by atoms with E-state index in [0.717, 1.165) is 63.2 Å². The van der Waals surface area contributed by atoms with Crippen LogP contribution in [-0.4, -0.2) is 38.4 Å². The first-order valence-corrected chi connectivity index (χ1v) is 29.2.